The Morgan fingerprint density at radius 2 is 2.00 bits per heavy atom. The standard InChI is InChI=1S/C19H25BrN2O2/c1-3-15-11(2)16-9-8-14(10-17(16)22-19(15)24)21-18(23)12-4-6-13(20)7-5-12/h4-7,11,14-17H,3,8-10H2,1-2H3,(H,21,23)(H,22,24). The van der Waals surface area contributed by atoms with E-state index in [0.717, 1.165) is 30.2 Å². The van der Waals surface area contributed by atoms with Gasteiger partial charge in [-0.15, -0.1) is 0 Å². The second-order valence-corrected chi connectivity index (χ2v) is 8.06. The monoisotopic (exact) mass is 392 g/mol. The molecule has 1 aliphatic carbocycles. The molecule has 0 spiro atoms. The molecule has 0 radical (unpaired) electrons. The third-order valence-corrected chi connectivity index (χ3v) is 6.29. The third kappa shape index (κ3) is 3.51. The smallest absolute Gasteiger partial charge is 0.251 e. The number of carbonyl (C=O) groups is 2. The molecule has 2 N–H and O–H groups in total. The van der Waals surface area contributed by atoms with Crippen LogP contribution in [0.3, 0.4) is 0 Å². The second-order valence-electron chi connectivity index (χ2n) is 7.14. The minimum atomic E-state index is -0.0347. The Labute approximate surface area is 151 Å². The minimum absolute atomic E-state index is 0.0347. The van der Waals surface area contributed by atoms with E-state index < -0.39 is 0 Å². The summed E-state index contributed by atoms with van der Waals surface area (Å²) in [6, 6.07) is 7.72. The van der Waals surface area contributed by atoms with Gasteiger partial charge in [0.25, 0.3) is 5.91 Å². The van der Waals surface area contributed by atoms with E-state index >= 15 is 0 Å². The van der Waals surface area contributed by atoms with E-state index in [1.165, 1.54) is 0 Å². The summed E-state index contributed by atoms with van der Waals surface area (Å²) in [6.45, 7) is 4.30. The molecule has 2 fully saturated rings. The fourth-order valence-corrected chi connectivity index (χ4v) is 4.64. The molecule has 24 heavy (non-hydrogen) atoms. The van der Waals surface area contributed by atoms with Crippen molar-refractivity contribution in [1.29, 1.82) is 0 Å². The third-order valence-electron chi connectivity index (χ3n) is 5.76. The molecule has 1 heterocycles. The topological polar surface area (TPSA) is 58.2 Å². The van der Waals surface area contributed by atoms with Crippen molar-refractivity contribution in [3.8, 4) is 0 Å². The van der Waals surface area contributed by atoms with Crippen molar-refractivity contribution < 1.29 is 9.59 Å². The van der Waals surface area contributed by atoms with E-state index in [1.54, 1.807) is 0 Å². The van der Waals surface area contributed by atoms with Crippen LogP contribution in [0.2, 0.25) is 0 Å². The van der Waals surface area contributed by atoms with Crippen LogP contribution in [0.5, 0.6) is 0 Å². The molecule has 1 saturated carbocycles. The predicted molar refractivity (Wildman–Crippen MR) is 97.6 cm³/mol. The van der Waals surface area contributed by atoms with Gasteiger partial charge in [0.15, 0.2) is 0 Å². The minimum Gasteiger partial charge on any atom is -0.353 e. The molecular weight excluding hydrogens is 368 g/mol. The molecule has 5 unspecified atom stereocenters. The first-order valence-corrected chi connectivity index (χ1v) is 9.65. The number of fused-ring (bicyclic) bond motifs is 1. The lowest BCUT2D eigenvalue weighted by Gasteiger charge is -2.46. The lowest BCUT2D eigenvalue weighted by molar-refractivity contribution is -0.133. The van der Waals surface area contributed by atoms with Crippen molar-refractivity contribution in [3.05, 3.63) is 34.3 Å². The van der Waals surface area contributed by atoms with Crippen LogP contribution in [0, 0.1) is 17.8 Å². The number of amides is 2. The van der Waals surface area contributed by atoms with Gasteiger partial charge in [-0.05, 0) is 61.8 Å². The van der Waals surface area contributed by atoms with Crippen molar-refractivity contribution in [1.82, 2.24) is 10.6 Å². The van der Waals surface area contributed by atoms with E-state index in [-0.39, 0.29) is 29.8 Å². The maximum Gasteiger partial charge on any atom is 0.251 e. The van der Waals surface area contributed by atoms with Crippen LogP contribution >= 0.6 is 15.9 Å². The van der Waals surface area contributed by atoms with E-state index in [1.807, 2.05) is 24.3 Å². The Bertz CT molecular complexity index is 616. The highest BCUT2D eigenvalue weighted by Crippen LogP contribution is 2.38. The normalized spacial score (nSPS) is 32.6. The fourth-order valence-electron chi connectivity index (χ4n) is 4.37. The van der Waals surface area contributed by atoms with Gasteiger partial charge in [0.2, 0.25) is 5.91 Å². The van der Waals surface area contributed by atoms with Crippen molar-refractivity contribution >= 4 is 27.7 Å². The Morgan fingerprint density at radius 3 is 2.67 bits per heavy atom. The highest BCUT2D eigenvalue weighted by molar-refractivity contribution is 9.10. The lowest BCUT2D eigenvalue weighted by Crippen LogP contribution is -2.58. The number of halogens is 1. The summed E-state index contributed by atoms with van der Waals surface area (Å²) >= 11 is 3.38. The van der Waals surface area contributed by atoms with E-state index in [9.17, 15) is 9.59 Å². The highest BCUT2D eigenvalue weighted by Gasteiger charge is 2.43. The van der Waals surface area contributed by atoms with Crippen LogP contribution in [0.15, 0.2) is 28.7 Å². The lowest BCUT2D eigenvalue weighted by atomic mass is 9.67. The van der Waals surface area contributed by atoms with Gasteiger partial charge in [0.1, 0.15) is 0 Å². The van der Waals surface area contributed by atoms with Crippen molar-refractivity contribution in [2.45, 2.75) is 51.6 Å². The number of hydrogen-bond donors (Lipinski definition) is 2. The molecular formula is C19H25BrN2O2. The zero-order valence-electron chi connectivity index (χ0n) is 14.2. The number of benzene rings is 1. The van der Waals surface area contributed by atoms with Crippen LogP contribution < -0.4 is 10.6 Å². The molecule has 0 bridgehead atoms. The number of carbonyl (C=O) groups excluding carboxylic acids is 2. The van der Waals surface area contributed by atoms with Crippen LogP contribution in [0.25, 0.3) is 0 Å². The zero-order valence-corrected chi connectivity index (χ0v) is 15.8. The van der Waals surface area contributed by atoms with Gasteiger partial charge in [-0.25, -0.2) is 0 Å². The molecule has 2 amide bonds. The quantitative estimate of drug-likeness (QED) is 0.826. The number of piperidine rings is 1. The largest absolute Gasteiger partial charge is 0.353 e. The van der Waals surface area contributed by atoms with Gasteiger partial charge < -0.3 is 10.6 Å². The Hall–Kier alpha value is -1.36. The van der Waals surface area contributed by atoms with Crippen LogP contribution in [-0.4, -0.2) is 23.9 Å². The predicted octanol–water partition coefficient (Wildman–Crippen LogP) is 3.51. The van der Waals surface area contributed by atoms with Crippen LogP contribution in [-0.2, 0) is 4.79 Å². The first-order valence-electron chi connectivity index (χ1n) is 8.86. The molecule has 4 nitrogen and oxygen atoms in total. The average Bonchev–Trinajstić information content (AvgIpc) is 2.55. The molecule has 5 heteroatoms. The molecule has 3 rings (SSSR count). The first kappa shape index (κ1) is 17.5. The van der Waals surface area contributed by atoms with E-state index in [2.05, 4.69) is 40.4 Å². The number of nitrogens with one attached hydrogen (secondary N) is 2. The summed E-state index contributed by atoms with van der Waals surface area (Å²) < 4.78 is 0.962. The fraction of sp³-hybridized carbons (Fsp3) is 0.579. The summed E-state index contributed by atoms with van der Waals surface area (Å²) in [5, 5.41) is 6.34. The van der Waals surface area contributed by atoms with Crippen LogP contribution in [0.4, 0.5) is 0 Å². The Morgan fingerprint density at radius 1 is 1.29 bits per heavy atom. The van der Waals surface area contributed by atoms with Crippen molar-refractivity contribution in [2.24, 2.45) is 17.8 Å². The highest BCUT2D eigenvalue weighted by atomic mass is 79.9. The molecule has 5 atom stereocenters. The van der Waals surface area contributed by atoms with Gasteiger partial charge in [0.05, 0.1) is 0 Å². The summed E-state index contributed by atoms with van der Waals surface area (Å²) in [5.41, 5.74) is 0.674. The van der Waals surface area contributed by atoms with E-state index in [4.69, 9.17) is 0 Å². The van der Waals surface area contributed by atoms with Crippen molar-refractivity contribution in [3.63, 3.8) is 0 Å². The number of rotatable bonds is 3. The Balaban J connectivity index is 1.62. The van der Waals surface area contributed by atoms with Gasteiger partial charge in [-0.3, -0.25) is 9.59 Å². The maximum absolute atomic E-state index is 12.4. The van der Waals surface area contributed by atoms with Gasteiger partial charge >= 0.3 is 0 Å². The summed E-state index contributed by atoms with van der Waals surface area (Å²) in [4.78, 5) is 24.7. The molecule has 1 aromatic rings. The summed E-state index contributed by atoms with van der Waals surface area (Å²) in [5.74, 6) is 1.25. The second kappa shape index (κ2) is 7.26. The first-order chi connectivity index (χ1) is 11.5. The zero-order chi connectivity index (χ0) is 17.3. The molecule has 2 aliphatic rings. The average molecular weight is 393 g/mol. The van der Waals surface area contributed by atoms with Gasteiger partial charge in [-0.1, -0.05) is 29.8 Å². The molecule has 1 aliphatic heterocycles. The van der Waals surface area contributed by atoms with Gasteiger partial charge in [-0.2, -0.15) is 0 Å². The van der Waals surface area contributed by atoms with Crippen molar-refractivity contribution in [2.75, 3.05) is 0 Å². The number of hydrogen-bond acceptors (Lipinski definition) is 2. The Kier molecular flexibility index (Phi) is 5.28. The summed E-state index contributed by atoms with van der Waals surface area (Å²) in [7, 11) is 0. The van der Waals surface area contributed by atoms with Crippen LogP contribution in [0.1, 0.15) is 49.9 Å². The van der Waals surface area contributed by atoms with Gasteiger partial charge in [0, 0.05) is 28.0 Å². The molecule has 0 aromatic heterocycles. The SMILES string of the molecule is CCC1C(=O)NC2CC(NC(=O)c3ccc(Br)cc3)CCC2C1C. The van der Waals surface area contributed by atoms with E-state index in [0.29, 0.717) is 17.4 Å². The molecule has 130 valence electrons. The maximum atomic E-state index is 12.4. The summed E-state index contributed by atoms with van der Waals surface area (Å²) in [6.07, 6.45) is 3.79. The molecule has 1 aromatic carbocycles. The molecule has 1 saturated heterocycles.